The highest BCUT2D eigenvalue weighted by molar-refractivity contribution is 7.22. The van der Waals surface area contributed by atoms with Gasteiger partial charge in [0.15, 0.2) is 6.17 Å². The van der Waals surface area contributed by atoms with Gasteiger partial charge < -0.3 is 10.3 Å². The van der Waals surface area contributed by atoms with E-state index in [9.17, 15) is 10.3 Å². The second-order valence-electron chi connectivity index (χ2n) is 7.68. The molecule has 0 aliphatic carbocycles. The Bertz CT molecular complexity index is 735. The third-order valence-electron chi connectivity index (χ3n) is 5.61. The molecule has 1 aromatic heterocycles. The number of aliphatic hydroxyl groups excluding tert-OH is 1. The highest BCUT2D eigenvalue weighted by Gasteiger charge is 2.45. The van der Waals surface area contributed by atoms with Crippen molar-refractivity contribution < 1.29 is 5.11 Å². The molecule has 150 valence electrons. The number of β-amino-alcohol motifs (C(OH)–C–C–N with tert-alkyl or cyclic N) is 1. The third kappa shape index (κ3) is 4.35. The minimum absolute atomic E-state index is 0.305. The predicted octanol–water partition coefficient (Wildman–Crippen LogP) is 5.05. The van der Waals surface area contributed by atoms with E-state index in [0.29, 0.717) is 11.7 Å². The van der Waals surface area contributed by atoms with Gasteiger partial charge in [-0.25, -0.2) is 0 Å². The summed E-state index contributed by atoms with van der Waals surface area (Å²) in [6.07, 6.45) is 8.64. The second kappa shape index (κ2) is 9.43. The molecule has 3 atom stereocenters. The molecule has 5 nitrogen and oxygen atoms in total. The van der Waals surface area contributed by atoms with Gasteiger partial charge in [0, 0.05) is 6.42 Å². The molecule has 6 heteroatoms. The molecular weight excluding hydrogens is 358 g/mol. The molecule has 2 N–H and O–H groups in total. The first-order valence-electron chi connectivity index (χ1n) is 10.5. The highest BCUT2D eigenvalue weighted by Crippen LogP contribution is 2.40. The Kier molecular flexibility index (Phi) is 7.22. The fraction of sp³-hybridized carbons (Fsp3) is 0.667. The zero-order valence-electron chi connectivity index (χ0n) is 16.6. The lowest BCUT2D eigenvalue weighted by Gasteiger charge is -2.42. The number of thiazole rings is 1. The average molecular weight is 392 g/mol. The number of rotatable bonds is 10. The lowest BCUT2D eigenvalue weighted by molar-refractivity contribution is 0.0633. The molecule has 0 spiro atoms. The van der Waals surface area contributed by atoms with Crippen LogP contribution in [0.2, 0.25) is 0 Å². The summed E-state index contributed by atoms with van der Waals surface area (Å²) >= 11 is 1.48. The van der Waals surface area contributed by atoms with E-state index in [1.54, 1.807) is 0 Å². The van der Waals surface area contributed by atoms with E-state index in [0.717, 1.165) is 42.3 Å². The van der Waals surface area contributed by atoms with Gasteiger partial charge in [-0.2, -0.15) is 4.98 Å². The summed E-state index contributed by atoms with van der Waals surface area (Å²) in [5.41, 5.74) is 2.17. The van der Waals surface area contributed by atoms with E-state index in [2.05, 4.69) is 30.2 Å². The lowest BCUT2D eigenvalue weighted by Crippen LogP contribution is -2.55. The Labute approximate surface area is 166 Å². The topological polar surface area (TPSA) is 68.2 Å². The fourth-order valence-electron chi connectivity index (χ4n) is 3.95. The number of benzene rings is 1. The quantitative estimate of drug-likeness (QED) is 0.338. The van der Waals surface area contributed by atoms with Crippen LogP contribution >= 0.6 is 11.3 Å². The number of hydrogen-bond donors (Lipinski definition) is 2. The van der Waals surface area contributed by atoms with Crippen LogP contribution in [0.25, 0.3) is 10.2 Å². The van der Waals surface area contributed by atoms with Gasteiger partial charge in [-0.05, 0) is 30.9 Å². The minimum Gasteiger partial charge on any atom is -0.622 e. The van der Waals surface area contributed by atoms with E-state index in [1.807, 2.05) is 12.1 Å². The van der Waals surface area contributed by atoms with Crippen molar-refractivity contribution >= 4 is 26.7 Å². The molecule has 3 rings (SSSR count). The van der Waals surface area contributed by atoms with Crippen LogP contribution in [-0.4, -0.2) is 29.0 Å². The maximum absolute atomic E-state index is 13.7. The zero-order valence-corrected chi connectivity index (χ0v) is 17.4. The molecule has 3 unspecified atom stereocenters. The van der Waals surface area contributed by atoms with E-state index in [-0.39, 0.29) is 6.17 Å². The Balaban J connectivity index is 1.84. The number of hydroxylamine groups is 2. The summed E-state index contributed by atoms with van der Waals surface area (Å²) < 4.78 is 0.377. The zero-order chi connectivity index (χ0) is 19.3. The smallest absolute Gasteiger partial charge is 0.290 e. The SMILES string of the molecule is CCCCCCc1cccc2nc([N+]3([O-])C(O)CNC3CCCCC)sc12. The second-order valence-corrected chi connectivity index (χ2v) is 8.66. The third-order valence-corrected chi connectivity index (χ3v) is 6.84. The largest absolute Gasteiger partial charge is 0.622 e. The van der Waals surface area contributed by atoms with Crippen LogP contribution in [-0.2, 0) is 6.42 Å². The number of hydrogen-bond acceptors (Lipinski definition) is 5. The summed E-state index contributed by atoms with van der Waals surface area (Å²) in [6, 6.07) is 6.18. The number of aliphatic hydroxyl groups is 1. The van der Waals surface area contributed by atoms with Crippen LogP contribution in [0, 0.1) is 5.21 Å². The van der Waals surface area contributed by atoms with Gasteiger partial charge in [-0.15, -0.1) is 0 Å². The molecule has 2 heterocycles. The van der Waals surface area contributed by atoms with Crippen molar-refractivity contribution in [2.75, 3.05) is 6.54 Å². The first-order valence-corrected chi connectivity index (χ1v) is 11.3. The number of fused-ring (bicyclic) bond motifs is 1. The Morgan fingerprint density at radius 1 is 1.19 bits per heavy atom. The number of aryl methyl sites for hydroxylation is 1. The highest BCUT2D eigenvalue weighted by atomic mass is 32.1. The Hall–Kier alpha value is -1.05. The first kappa shape index (κ1) is 20.7. The van der Waals surface area contributed by atoms with Gasteiger partial charge >= 0.3 is 0 Å². The van der Waals surface area contributed by atoms with Crippen molar-refractivity contribution in [3.05, 3.63) is 29.0 Å². The van der Waals surface area contributed by atoms with Crippen LogP contribution < -0.4 is 9.96 Å². The van der Waals surface area contributed by atoms with E-state index < -0.39 is 10.9 Å². The van der Waals surface area contributed by atoms with E-state index >= 15 is 0 Å². The monoisotopic (exact) mass is 391 g/mol. The number of nitrogens with one attached hydrogen (secondary N) is 1. The fourth-order valence-corrected chi connectivity index (χ4v) is 5.18. The first-order chi connectivity index (χ1) is 13.1. The molecular formula is C21H33N3O2S. The molecule has 1 fully saturated rings. The standard InChI is InChI=1S/C21H33N3O2S/c1-3-5-7-9-11-16-12-10-13-17-20(16)27-21(23-17)24(26)18(14-8-6-4-2)22-15-19(24)25/h10,12-13,18-19,22,25H,3-9,11,14-15H2,1-2H3. The molecule has 1 aliphatic heterocycles. The number of nitrogens with zero attached hydrogens (tertiary/aromatic N) is 2. The molecule has 2 aromatic rings. The number of quaternary nitrogens is 1. The van der Waals surface area contributed by atoms with Crippen molar-refractivity contribution in [1.82, 2.24) is 14.9 Å². The van der Waals surface area contributed by atoms with Crippen molar-refractivity contribution in [2.45, 2.75) is 84.0 Å². The van der Waals surface area contributed by atoms with Gasteiger partial charge in [0.05, 0.1) is 16.8 Å². The molecule has 0 amide bonds. The van der Waals surface area contributed by atoms with Crippen molar-refractivity contribution in [3.8, 4) is 0 Å². The summed E-state index contributed by atoms with van der Waals surface area (Å²) in [6.45, 7) is 4.71. The summed E-state index contributed by atoms with van der Waals surface area (Å²) in [4.78, 5) is 4.68. The van der Waals surface area contributed by atoms with E-state index in [1.165, 1.54) is 42.6 Å². The van der Waals surface area contributed by atoms with Gasteiger partial charge in [0.2, 0.25) is 6.23 Å². The molecule has 1 aromatic carbocycles. The van der Waals surface area contributed by atoms with Gasteiger partial charge in [0.25, 0.3) is 5.13 Å². The van der Waals surface area contributed by atoms with Crippen LogP contribution in [0.4, 0.5) is 5.13 Å². The molecule has 0 radical (unpaired) electrons. The normalized spacial score (nSPS) is 25.5. The average Bonchev–Trinajstić information content (AvgIpc) is 3.23. The molecule has 0 saturated carbocycles. The minimum atomic E-state index is -0.981. The van der Waals surface area contributed by atoms with Crippen LogP contribution in [0.15, 0.2) is 18.2 Å². The Morgan fingerprint density at radius 3 is 2.74 bits per heavy atom. The number of aromatic nitrogens is 1. The lowest BCUT2D eigenvalue weighted by atomic mass is 10.1. The van der Waals surface area contributed by atoms with Crippen LogP contribution in [0.1, 0.15) is 70.8 Å². The molecule has 27 heavy (non-hydrogen) atoms. The summed E-state index contributed by atoms with van der Waals surface area (Å²) in [7, 11) is 0. The maximum Gasteiger partial charge on any atom is 0.290 e. The molecule has 1 saturated heterocycles. The maximum atomic E-state index is 13.7. The van der Waals surface area contributed by atoms with Crippen LogP contribution in [0.3, 0.4) is 0 Å². The van der Waals surface area contributed by atoms with Gasteiger partial charge in [-0.1, -0.05) is 69.4 Å². The van der Waals surface area contributed by atoms with Crippen molar-refractivity contribution in [1.29, 1.82) is 0 Å². The molecule has 0 bridgehead atoms. The Morgan fingerprint density at radius 2 is 1.96 bits per heavy atom. The van der Waals surface area contributed by atoms with Crippen molar-refractivity contribution in [2.24, 2.45) is 0 Å². The summed E-state index contributed by atoms with van der Waals surface area (Å²) in [5.74, 6) is 0. The van der Waals surface area contributed by atoms with Gasteiger partial charge in [-0.3, -0.25) is 9.96 Å². The summed E-state index contributed by atoms with van der Waals surface area (Å²) in [5, 5.41) is 27.9. The molecule has 1 aliphatic rings. The number of unbranched alkanes of at least 4 members (excludes halogenated alkanes) is 5. The van der Waals surface area contributed by atoms with Crippen LogP contribution in [0.5, 0.6) is 0 Å². The predicted molar refractivity (Wildman–Crippen MR) is 115 cm³/mol. The van der Waals surface area contributed by atoms with E-state index in [4.69, 9.17) is 0 Å². The van der Waals surface area contributed by atoms with Crippen molar-refractivity contribution in [3.63, 3.8) is 0 Å². The van der Waals surface area contributed by atoms with Gasteiger partial charge in [0.1, 0.15) is 0 Å².